The molecule has 0 spiro atoms. The van der Waals surface area contributed by atoms with Gasteiger partial charge >= 0.3 is 0 Å². The van der Waals surface area contributed by atoms with Crippen LogP contribution in [0.4, 0.5) is 0 Å². The molecule has 2 rings (SSSR count). The van der Waals surface area contributed by atoms with Gasteiger partial charge < -0.3 is 20.4 Å². The van der Waals surface area contributed by atoms with Crippen molar-refractivity contribution in [1.29, 1.82) is 0 Å². The summed E-state index contributed by atoms with van der Waals surface area (Å²) < 4.78 is 0. The quantitative estimate of drug-likeness (QED) is 0.294. The van der Waals surface area contributed by atoms with Crippen LogP contribution in [0.3, 0.4) is 0 Å². The molecule has 1 unspecified atom stereocenters. The average Bonchev–Trinajstić information content (AvgIpc) is 2.75. The van der Waals surface area contributed by atoms with Crippen LogP contribution in [0.2, 0.25) is 0 Å². The maximum atomic E-state index is 12.1. The number of nitrogens with one attached hydrogen (secondary N) is 2. The Morgan fingerprint density at radius 3 is 2.26 bits per heavy atom. The van der Waals surface area contributed by atoms with E-state index in [-0.39, 0.29) is 29.9 Å². The van der Waals surface area contributed by atoms with Crippen LogP contribution < -0.4 is 10.6 Å². The van der Waals surface area contributed by atoms with Gasteiger partial charge in [-0.2, -0.15) is 0 Å². The standard InChI is InChI=1S/C24H35N5O.HI/c1-25-24(27-18-22(28(2)3)17-19-10-7-6-8-11-19)26-15-14-20-12-9-13-21(16-20)23(30)29(4)5;/h6-13,16,22H,14-15,17-18H2,1-5H3,(H2,25,26,27);1H. The van der Waals surface area contributed by atoms with E-state index in [1.807, 2.05) is 30.3 Å². The Balaban J connectivity index is 0.00000480. The molecule has 170 valence electrons. The fourth-order valence-electron chi connectivity index (χ4n) is 3.20. The van der Waals surface area contributed by atoms with E-state index in [1.54, 1.807) is 26.0 Å². The average molecular weight is 537 g/mol. The van der Waals surface area contributed by atoms with Crippen molar-refractivity contribution < 1.29 is 4.79 Å². The molecule has 2 aromatic rings. The molecule has 0 radical (unpaired) electrons. The van der Waals surface area contributed by atoms with Crippen LogP contribution >= 0.6 is 24.0 Å². The number of halogens is 1. The first-order valence-corrected chi connectivity index (χ1v) is 10.4. The lowest BCUT2D eigenvalue weighted by molar-refractivity contribution is 0.0827. The van der Waals surface area contributed by atoms with Crippen molar-refractivity contribution in [2.75, 3.05) is 48.3 Å². The predicted molar refractivity (Wildman–Crippen MR) is 141 cm³/mol. The summed E-state index contributed by atoms with van der Waals surface area (Å²) in [5, 5.41) is 6.81. The number of aliphatic imine (C=N–C) groups is 1. The molecule has 0 aliphatic rings. The molecule has 0 fully saturated rings. The second-order valence-electron chi connectivity index (χ2n) is 7.84. The Bertz CT molecular complexity index is 824. The lowest BCUT2D eigenvalue weighted by Gasteiger charge is -2.25. The SMILES string of the molecule is CN=C(NCCc1cccc(C(=O)N(C)C)c1)NCC(Cc1ccccc1)N(C)C.I. The summed E-state index contributed by atoms with van der Waals surface area (Å²) in [7, 11) is 9.53. The minimum atomic E-state index is 0. The molecule has 0 aliphatic heterocycles. The first-order chi connectivity index (χ1) is 14.4. The van der Waals surface area contributed by atoms with Crippen molar-refractivity contribution in [2.24, 2.45) is 4.99 Å². The smallest absolute Gasteiger partial charge is 0.253 e. The summed E-state index contributed by atoms with van der Waals surface area (Å²) in [6.45, 7) is 1.54. The second-order valence-corrected chi connectivity index (χ2v) is 7.84. The molecule has 0 bridgehead atoms. The molecule has 0 aromatic heterocycles. The van der Waals surface area contributed by atoms with Crippen LogP contribution in [-0.4, -0.2) is 76.0 Å². The highest BCUT2D eigenvalue weighted by molar-refractivity contribution is 14.0. The number of amides is 1. The highest BCUT2D eigenvalue weighted by Crippen LogP contribution is 2.08. The van der Waals surface area contributed by atoms with Crippen molar-refractivity contribution in [1.82, 2.24) is 20.4 Å². The van der Waals surface area contributed by atoms with Gasteiger partial charge in [-0.3, -0.25) is 9.79 Å². The normalized spacial score (nSPS) is 12.1. The van der Waals surface area contributed by atoms with Gasteiger partial charge in [0.1, 0.15) is 0 Å². The lowest BCUT2D eigenvalue weighted by atomic mass is 10.1. The molecule has 2 aromatic carbocycles. The molecule has 0 saturated heterocycles. The molecule has 1 amide bonds. The van der Waals surface area contributed by atoms with Crippen LogP contribution in [0.15, 0.2) is 59.6 Å². The monoisotopic (exact) mass is 537 g/mol. The molecular formula is C24H36IN5O. The number of likely N-dealkylation sites (N-methyl/N-ethyl adjacent to an activating group) is 1. The third-order valence-corrected chi connectivity index (χ3v) is 5.06. The summed E-state index contributed by atoms with van der Waals surface area (Å²) >= 11 is 0. The van der Waals surface area contributed by atoms with Gasteiger partial charge in [0, 0.05) is 45.8 Å². The van der Waals surface area contributed by atoms with E-state index in [0.29, 0.717) is 6.04 Å². The molecule has 0 saturated carbocycles. The predicted octanol–water partition coefficient (Wildman–Crippen LogP) is 2.89. The molecule has 0 aliphatic carbocycles. The number of nitrogens with zero attached hydrogens (tertiary/aromatic N) is 3. The number of rotatable bonds is 9. The summed E-state index contributed by atoms with van der Waals surface area (Å²) in [4.78, 5) is 20.3. The van der Waals surface area contributed by atoms with Gasteiger partial charge in [-0.15, -0.1) is 24.0 Å². The molecular weight excluding hydrogens is 501 g/mol. The molecule has 2 N–H and O–H groups in total. The molecule has 7 heteroatoms. The van der Waals surface area contributed by atoms with Crippen LogP contribution in [0.25, 0.3) is 0 Å². The summed E-state index contributed by atoms with van der Waals surface area (Å²) in [6, 6.07) is 18.7. The van der Waals surface area contributed by atoms with Crippen molar-refractivity contribution in [3.63, 3.8) is 0 Å². The van der Waals surface area contributed by atoms with E-state index in [0.717, 1.165) is 43.0 Å². The van der Waals surface area contributed by atoms with Gasteiger partial charge in [-0.1, -0.05) is 42.5 Å². The Labute approximate surface area is 204 Å². The minimum Gasteiger partial charge on any atom is -0.356 e. The Hall–Kier alpha value is -2.13. The molecule has 31 heavy (non-hydrogen) atoms. The molecule has 0 heterocycles. The maximum absolute atomic E-state index is 12.1. The molecule has 1 atom stereocenters. The van der Waals surface area contributed by atoms with Crippen LogP contribution in [-0.2, 0) is 12.8 Å². The zero-order valence-electron chi connectivity index (χ0n) is 19.3. The number of guanidine groups is 1. The van der Waals surface area contributed by atoms with E-state index >= 15 is 0 Å². The maximum Gasteiger partial charge on any atom is 0.253 e. The summed E-state index contributed by atoms with van der Waals surface area (Å²) in [6.07, 6.45) is 1.79. The molecule has 6 nitrogen and oxygen atoms in total. The summed E-state index contributed by atoms with van der Waals surface area (Å²) in [5.41, 5.74) is 3.17. The number of carbonyl (C=O) groups excluding carboxylic acids is 1. The van der Waals surface area contributed by atoms with Crippen LogP contribution in [0, 0.1) is 0 Å². The van der Waals surface area contributed by atoms with Gasteiger partial charge in [0.2, 0.25) is 0 Å². The van der Waals surface area contributed by atoms with Crippen molar-refractivity contribution >= 4 is 35.8 Å². The van der Waals surface area contributed by atoms with E-state index in [9.17, 15) is 4.79 Å². The van der Waals surface area contributed by atoms with Gasteiger partial charge in [-0.25, -0.2) is 0 Å². The largest absolute Gasteiger partial charge is 0.356 e. The summed E-state index contributed by atoms with van der Waals surface area (Å²) in [5.74, 6) is 0.811. The van der Waals surface area contributed by atoms with E-state index < -0.39 is 0 Å². The number of hydrogen-bond donors (Lipinski definition) is 2. The second kappa shape index (κ2) is 14.0. The fraction of sp³-hybridized carbons (Fsp3) is 0.417. The topological polar surface area (TPSA) is 60.0 Å². The third kappa shape index (κ3) is 9.26. The Morgan fingerprint density at radius 2 is 1.65 bits per heavy atom. The van der Waals surface area contributed by atoms with Gasteiger partial charge in [0.15, 0.2) is 5.96 Å². The lowest BCUT2D eigenvalue weighted by Crippen LogP contribution is -2.46. The van der Waals surface area contributed by atoms with E-state index in [2.05, 4.69) is 58.9 Å². The number of benzene rings is 2. The highest BCUT2D eigenvalue weighted by Gasteiger charge is 2.13. The van der Waals surface area contributed by atoms with E-state index in [4.69, 9.17) is 0 Å². The third-order valence-electron chi connectivity index (χ3n) is 5.06. The first-order valence-electron chi connectivity index (χ1n) is 10.4. The van der Waals surface area contributed by atoms with Crippen LogP contribution in [0.5, 0.6) is 0 Å². The Kier molecular flexibility index (Phi) is 12.2. The number of carbonyl (C=O) groups is 1. The Morgan fingerprint density at radius 1 is 0.968 bits per heavy atom. The van der Waals surface area contributed by atoms with Gasteiger partial charge in [0.25, 0.3) is 5.91 Å². The fourth-order valence-corrected chi connectivity index (χ4v) is 3.20. The van der Waals surface area contributed by atoms with Crippen LogP contribution in [0.1, 0.15) is 21.5 Å². The van der Waals surface area contributed by atoms with Gasteiger partial charge in [-0.05, 0) is 50.2 Å². The zero-order chi connectivity index (χ0) is 21.9. The van der Waals surface area contributed by atoms with E-state index in [1.165, 1.54) is 5.56 Å². The minimum absolute atomic E-state index is 0. The van der Waals surface area contributed by atoms with Crippen molar-refractivity contribution in [3.8, 4) is 0 Å². The zero-order valence-corrected chi connectivity index (χ0v) is 21.6. The van der Waals surface area contributed by atoms with Gasteiger partial charge in [0.05, 0.1) is 0 Å². The number of hydrogen-bond acceptors (Lipinski definition) is 3. The highest BCUT2D eigenvalue weighted by atomic mass is 127. The van der Waals surface area contributed by atoms with Crippen molar-refractivity contribution in [3.05, 3.63) is 71.3 Å². The van der Waals surface area contributed by atoms with Crippen molar-refractivity contribution in [2.45, 2.75) is 18.9 Å². The first kappa shape index (κ1) is 26.9.